The Labute approximate surface area is 178 Å². The van der Waals surface area contributed by atoms with Crippen LogP contribution in [0.3, 0.4) is 0 Å². The minimum Gasteiger partial charge on any atom is -0.748 e. The van der Waals surface area contributed by atoms with Crippen LogP contribution in [-0.4, -0.2) is 37.4 Å². The molecule has 0 saturated carbocycles. The largest absolute Gasteiger partial charge is 2.00 e. The molecule has 0 aliphatic heterocycles. The van der Waals surface area contributed by atoms with Crippen molar-refractivity contribution in [2.75, 3.05) is 11.5 Å². The maximum Gasteiger partial charge on any atom is 2.00 e. The minimum atomic E-state index is -3.97. The molecule has 0 N–H and O–H groups in total. The molecular formula is C18H38CuO6S2. The van der Waals surface area contributed by atoms with E-state index in [2.05, 4.69) is 13.8 Å². The molecule has 0 atom stereocenters. The summed E-state index contributed by atoms with van der Waals surface area (Å²) in [5.41, 5.74) is 0. The van der Waals surface area contributed by atoms with Crippen LogP contribution in [0.1, 0.15) is 104 Å². The second kappa shape index (κ2) is 21.1. The number of unbranched alkanes of at least 4 members (excludes halogenated alkanes) is 12. The van der Waals surface area contributed by atoms with E-state index in [9.17, 15) is 25.9 Å². The van der Waals surface area contributed by atoms with Crippen molar-refractivity contribution in [3.63, 3.8) is 0 Å². The van der Waals surface area contributed by atoms with E-state index < -0.39 is 20.2 Å². The molecule has 0 aromatic heterocycles. The summed E-state index contributed by atoms with van der Waals surface area (Å²) in [7, 11) is -7.94. The third-order valence-electron chi connectivity index (χ3n) is 4.00. The van der Waals surface area contributed by atoms with Gasteiger partial charge in [0.15, 0.2) is 0 Å². The van der Waals surface area contributed by atoms with Gasteiger partial charge in [-0.1, -0.05) is 90.9 Å². The van der Waals surface area contributed by atoms with Gasteiger partial charge in [0.1, 0.15) is 0 Å². The predicted molar refractivity (Wildman–Crippen MR) is 105 cm³/mol. The molecule has 6 nitrogen and oxygen atoms in total. The van der Waals surface area contributed by atoms with Gasteiger partial charge in [-0.2, -0.15) is 0 Å². The Morgan fingerprint density at radius 2 is 0.704 bits per heavy atom. The Kier molecular flexibility index (Phi) is 25.0. The van der Waals surface area contributed by atoms with Gasteiger partial charge < -0.3 is 9.11 Å². The van der Waals surface area contributed by atoms with Gasteiger partial charge in [-0.25, -0.2) is 16.8 Å². The van der Waals surface area contributed by atoms with Crippen LogP contribution >= 0.6 is 0 Å². The fourth-order valence-electron chi connectivity index (χ4n) is 2.47. The minimum absolute atomic E-state index is 0. The average Bonchev–Trinajstić information content (AvgIpc) is 2.52. The van der Waals surface area contributed by atoms with Crippen molar-refractivity contribution < 1.29 is 43.0 Å². The average molecular weight is 478 g/mol. The van der Waals surface area contributed by atoms with Crippen molar-refractivity contribution in [3.8, 4) is 0 Å². The number of rotatable bonds is 16. The van der Waals surface area contributed by atoms with Gasteiger partial charge >= 0.3 is 17.1 Å². The zero-order valence-electron chi connectivity index (χ0n) is 16.9. The van der Waals surface area contributed by atoms with Crippen LogP contribution in [0.15, 0.2) is 0 Å². The molecule has 1 radical (unpaired) electrons. The molecule has 0 aromatic carbocycles. The van der Waals surface area contributed by atoms with E-state index in [0.29, 0.717) is 12.8 Å². The van der Waals surface area contributed by atoms with Crippen molar-refractivity contribution in [1.29, 1.82) is 0 Å². The van der Waals surface area contributed by atoms with Crippen molar-refractivity contribution in [2.24, 2.45) is 0 Å². The Bertz CT molecular complexity index is 446. The molecule has 9 heteroatoms. The van der Waals surface area contributed by atoms with Crippen molar-refractivity contribution in [2.45, 2.75) is 104 Å². The van der Waals surface area contributed by atoms with Crippen LogP contribution in [-0.2, 0) is 37.3 Å². The molecule has 0 unspecified atom stereocenters. The van der Waals surface area contributed by atoms with Crippen molar-refractivity contribution in [3.05, 3.63) is 0 Å². The second-order valence-corrected chi connectivity index (χ2v) is 9.81. The van der Waals surface area contributed by atoms with Gasteiger partial charge in [0.05, 0.1) is 20.2 Å². The molecule has 0 fully saturated rings. The summed E-state index contributed by atoms with van der Waals surface area (Å²) in [5, 5.41) is 0. The zero-order valence-corrected chi connectivity index (χ0v) is 19.5. The molecule has 0 heterocycles. The van der Waals surface area contributed by atoms with E-state index >= 15 is 0 Å². The quantitative estimate of drug-likeness (QED) is 0.183. The van der Waals surface area contributed by atoms with Crippen LogP contribution in [0.2, 0.25) is 0 Å². The van der Waals surface area contributed by atoms with Crippen LogP contribution < -0.4 is 0 Å². The van der Waals surface area contributed by atoms with Crippen LogP contribution in [0, 0.1) is 0 Å². The topological polar surface area (TPSA) is 114 Å². The monoisotopic (exact) mass is 477 g/mol. The van der Waals surface area contributed by atoms with E-state index in [4.69, 9.17) is 0 Å². The summed E-state index contributed by atoms with van der Waals surface area (Å²) in [4.78, 5) is 0. The Morgan fingerprint density at radius 1 is 0.481 bits per heavy atom. The third kappa shape index (κ3) is 37.7. The molecule has 0 aromatic rings. The normalized spacial score (nSPS) is 11.4. The van der Waals surface area contributed by atoms with Gasteiger partial charge in [0, 0.05) is 11.5 Å². The first-order valence-electron chi connectivity index (χ1n) is 9.99. The van der Waals surface area contributed by atoms with E-state index in [1.807, 2.05) is 0 Å². The molecule has 0 saturated heterocycles. The van der Waals surface area contributed by atoms with E-state index in [1.54, 1.807) is 0 Å². The number of hydrogen-bond donors (Lipinski definition) is 0. The second-order valence-electron chi connectivity index (χ2n) is 6.77. The van der Waals surface area contributed by atoms with Crippen molar-refractivity contribution in [1.82, 2.24) is 0 Å². The molecule has 0 spiro atoms. The number of hydrogen-bond acceptors (Lipinski definition) is 6. The van der Waals surface area contributed by atoms with Gasteiger partial charge in [-0.3, -0.25) is 0 Å². The maximum atomic E-state index is 10.2. The summed E-state index contributed by atoms with van der Waals surface area (Å²) in [6.45, 7) is 4.31. The molecule has 0 bridgehead atoms. The van der Waals surface area contributed by atoms with Gasteiger partial charge in [-0.15, -0.1) is 0 Å². The Hall–Kier alpha value is 0.339. The first kappa shape index (κ1) is 32.0. The molecule has 0 amide bonds. The van der Waals surface area contributed by atoms with E-state index in [-0.39, 0.29) is 28.6 Å². The van der Waals surface area contributed by atoms with Gasteiger partial charge in [0.25, 0.3) is 0 Å². The van der Waals surface area contributed by atoms with Crippen LogP contribution in [0.5, 0.6) is 0 Å². The van der Waals surface area contributed by atoms with Crippen LogP contribution in [0.25, 0.3) is 0 Å². The molecule has 0 aliphatic rings. The van der Waals surface area contributed by atoms with Gasteiger partial charge in [0.2, 0.25) is 0 Å². The maximum absolute atomic E-state index is 10.2. The first-order valence-corrected chi connectivity index (χ1v) is 13.1. The molecule has 169 valence electrons. The molecular weight excluding hydrogens is 440 g/mol. The fraction of sp³-hybridized carbons (Fsp3) is 1.00. The van der Waals surface area contributed by atoms with Crippen molar-refractivity contribution >= 4 is 20.2 Å². The van der Waals surface area contributed by atoms with E-state index in [1.165, 1.54) is 38.5 Å². The fourth-order valence-corrected chi connectivity index (χ4v) is 3.59. The SMILES string of the molecule is CCCCCCCCCS(=O)(=O)[O-].CCCCCCCCCS(=O)(=O)[O-].[Cu+2]. The summed E-state index contributed by atoms with van der Waals surface area (Å²) in [5.74, 6) is -0.387. The first-order chi connectivity index (χ1) is 12.1. The molecule has 27 heavy (non-hydrogen) atoms. The van der Waals surface area contributed by atoms with Gasteiger partial charge in [-0.05, 0) is 12.8 Å². The standard InChI is InChI=1S/2C9H20O3S.Cu/c2*1-2-3-4-5-6-7-8-9-13(10,11)12;/h2*2-9H2,1H3,(H,10,11,12);/q;;+2/p-2. The zero-order chi connectivity index (χ0) is 20.3. The Morgan fingerprint density at radius 3 is 0.926 bits per heavy atom. The summed E-state index contributed by atoms with van der Waals surface area (Å²) < 4.78 is 61.3. The third-order valence-corrected chi connectivity index (χ3v) is 5.57. The predicted octanol–water partition coefficient (Wildman–Crippen LogP) is 4.56. The van der Waals surface area contributed by atoms with Crippen LogP contribution in [0.4, 0.5) is 0 Å². The Balaban J connectivity index is -0.000000411. The molecule has 0 aliphatic carbocycles. The van der Waals surface area contributed by atoms with E-state index in [0.717, 1.165) is 38.5 Å². The summed E-state index contributed by atoms with van der Waals surface area (Å²) in [6.07, 6.45) is 14.6. The summed E-state index contributed by atoms with van der Waals surface area (Å²) in [6, 6.07) is 0. The smallest absolute Gasteiger partial charge is 0.748 e. The molecule has 0 rings (SSSR count). The summed E-state index contributed by atoms with van der Waals surface area (Å²) >= 11 is 0.